The van der Waals surface area contributed by atoms with Crippen molar-refractivity contribution >= 4 is 39.2 Å². The Bertz CT molecular complexity index is 1640. The Morgan fingerprint density at radius 2 is 1.67 bits per heavy atom. The number of nitrogens with zero attached hydrogens (tertiary/aromatic N) is 4. The van der Waals surface area contributed by atoms with E-state index in [1.807, 2.05) is 43.3 Å². The van der Waals surface area contributed by atoms with Crippen LogP contribution in [0.3, 0.4) is 0 Å². The largest absolute Gasteiger partial charge is 0.488 e. The molecule has 1 atom stereocenters. The van der Waals surface area contributed by atoms with Crippen molar-refractivity contribution in [2.75, 3.05) is 64.1 Å². The van der Waals surface area contributed by atoms with Crippen LogP contribution in [0.15, 0.2) is 88.5 Å². The van der Waals surface area contributed by atoms with Gasteiger partial charge in [0.2, 0.25) is 0 Å². The van der Waals surface area contributed by atoms with Crippen LogP contribution >= 0.6 is 15.9 Å². The molecular formula is C36H42BrF3N5O3+. The Morgan fingerprint density at radius 1 is 0.958 bits per heavy atom. The van der Waals surface area contributed by atoms with E-state index >= 15 is 0 Å². The number of ether oxygens (including phenoxy) is 1. The third-order valence-electron chi connectivity index (χ3n) is 8.97. The quantitative estimate of drug-likeness (QED) is 0.113. The van der Waals surface area contributed by atoms with Gasteiger partial charge < -0.3 is 24.8 Å². The second-order valence-corrected chi connectivity index (χ2v) is 13.8. The van der Waals surface area contributed by atoms with Gasteiger partial charge in [-0.05, 0) is 86.3 Å². The fourth-order valence-electron chi connectivity index (χ4n) is 6.25. The molecule has 48 heavy (non-hydrogen) atoms. The predicted octanol–water partition coefficient (Wildman–Crippen LogP) is 7.48. The summed E-state index contributed by atoms with van der Waals surface area (Å²) in [6.07, 6.45) is -2.22. The number of likely N-dealkylation sites (N-methyl/N-ethyl adjacent to an activating group) is 2. The van der Waals surface area contributed by atoms with Crippen LogP contribution in [0.5, 0.6) is 5.75 Å². The van der Waals surface area contributed by atoms with Gasteiger partial charge in [-0.1, -0.05) is 34.1 Å². The molecule has 0 radical (unpaired) electrons. The number of unbranched alkanes of at least 4 members (excludes halogenated alkanes) is 2. The predicted molar refractivity (Wildman–Crippen MR) is 184 cm³/mol. The number of carbonyl (C=O) groups excluding carboxylic acids is 2. The Balaban J connectivity index is 1.34. The number of anilines is 2. The molecule has 2 aliphatic rings. The van der Waals surface area contributed by atoms with Gasteiger partial charge in [-0.2, -0.15) is 13.2 Å². The van der Waals surface area contributed by atoms with Crippen LogP contribution in [0.4, 0.5) is 29.3 Å². The van der Waals surface area contributed by atoms with Crippen molar-refractivity contribution in [3.05, 3.63) is 99.7 Å². The van der Waals surface area contributed by atoms with Gasteiger partial charge in [0.1, 0.15) is 18.9 Å². The summed E-state index contributed by atoms with van der Waals surface area (Å²) >= 11 is 3.43. The average molecular weight is 730 g/mol. The summed E-state index contributed by atoms with van der Waals surface area (Å²) in [6.45, 7) is 4.98. The molecule has 3 aromatic carbocycles. The van der Waals surface area contributed by atoms with Gasteiger partial charge in [-0.3, -0.25) is 9.69 Å². The minimum Gasteiger partial charge on any atom is -0.488 e. The van der Waals surface area contributed by atoms with E-state index in [2.05, 4.69) is 30.0 Å². The minimum atomic E-state index is -4.59. The third kappa shape index (κ3) is 7.98. The molecule has 0 fully saturated rings. The highest BCUT2D eigenvalue weighted by molar-refractivity contribution is 9.10. The van der Waals surface area contributed by atoms with Crippen LogP contribution in [0.2, 0.25) is 0 Å². The van der Waals surface area contributed by atoms with Gasteiger partial charge in [-0.15, -0.1) is 0 Å². The van der Waals surface area contributed by atoms with Crippen LogP contribution in [0.25, 0.3) is 0 Å². The van der Waals surface area contributed by atoms with Crippen molar-refractivity contribution in [2.24, 2.45) is 0 Å². The van der Waals surface area contributed by atoms with Crippen molar-refractivity contribution < 1.29 is 32.0 Å². The number of urea groups is 1. The molecule has 2 heterocycles. The van der Waals surface area contributed by atoms with E-state index in [4.69, 9.17) is 10.5 Å². The Labute approximate surface area is 288 Å². The van der Waals surface area contributed by atoms with Crippen LogP contribution < -0.4 is 15.4 Å². The van der Waals surface area contributed by atoms with E-state index in [9.17, 15) is 22.8 Å². The minimum absolute atomic E-state index is 0.0817. The van der Waals surface area contributed by atoms with Crippen molar-refractivity contribution in [3.8, 4) is 5.75 Å². The number of benzene rings is 3. The number of amides is 3. The SMILES string of the molecule is CCN1CC2=C(C1=O)[C@@H](c1ccc(N)cc1)N(CCCCC[N+](C)(C)CCOc1ccc(Br)cc1)C(=O)N2c1cccc(C(F)(F)F)c1. The summed E-state index contributed by atoms with van der Waals surface area (Å²) in [5.41, 5.74) is 7.29. The monoisotopic (exact) mass is 728 g/mol. The highest BCUT2D eigenvalue weighted by Crippen LogP contribution is 2.44. The number of hydrogen-bond donors (Lipinski definition) is 1. The van der Waals surface area contributed by atoms with Crippen LogP contribution in [0.1, 0.15) is 43.4 Å². The highest BCUT2D eigenvalue weighted by Gasteiger charge is 2.48. The van der Waals surface area contributed by atoms with E-state index in [1.54, 1.807) is 21.9 Å². The zero-order valence-corrected chi connectivity index (χ0v) is 29.1. The zero-order valence-electron chi connectivity index (χ0n) is 27.5. The number of hydrogen-bond acceptors (Lipinski definition) is 4. The smallest absolute Gasteiger partial charge is 0.416 e. The summed E-state index contributed by atoms with van der Waals surface area (Å²) in [4.78, 5) is 32.8. The molecule has 0 spiro atoms. The van der Waals surface area contributed by atoms with Gasteiger partial charge in [-0.25, -0.2) is 4.79 Å². The molecule has 0 unspecified atom stereocenters. The highest BCUT2D eigenvalue weighted by atomic mass is 79.9. The lowest BCUT2D eigenvalue weighted by atomic mass is 9.93. The van der Waals surface area contributed by atoms with Crippen LogP contribution in [-0.4, -0.2) is 79.6 Å². The number of nitrogens with two attached hydrogens (primary N) is 1. The first kappa shape index (κ1) is 35.3. The molecule has 12 heteroatoms. The maximum Gasteiger partial charge on any atom is 0.416 e. The number of carbonyl (C=O) groups is 2. The lowest BCUT2D eigenvalue weighted by Crippen LogP contribution is -2.50. The van der Waals surface area contributed by atoms with Gasteiger partial charge >= 0.3 is 12.2 Å². The third-order valence-corrected chi connectivity index (χ3v) is 9.50. The first-order chi connectivity index (χ1) is 22.8. The van der Waals surface area contributed by atoms with E-state index in [1.165, 1.54) is 17.0 Å². The number of halogens is 4. The Morgan fingerprint density at radius 3 is 2.33 bits per heavy atom. The second kappa shape index (κ2) is 14.6. The molecule has 0 bridgehead atoms. The lowest BCUT2D eigenvalue weighted by Gasteiger charge is -2.42. The molecular weight excluding hydrogens is 687 g/mol. The van der Waals surface area contributed by atoms with Crippen molar-refractivity contribution in [1.82, 2.24) is 9.80 Å². The normalized spacial score (nSPS) is 17.0. The van der Waals surface area contributed by atoms with Gasteiger partial charge in [0.25, 0.3) is 5.91 Å². The maximum absolute atomic E-state index is 14.4. The molecule has 2 aliphatic heterocycles. The average Bonchev–Trinajstić information content (AvgIpc) is 3.37. The number of rotatable bonds is 13. The standard InChI is InChI=1S/C36H42BrF3N5O3/c1-4-42-24-31-32(34(42)46)33(25-11-15-28(41)16-12-25)43(35(47)44(31)29-10-8-9-26(23-29)36(38,39)40)19-6-5-7-20-45(2,3)21-22-48-30-17-13-27(37)14-18-30/h8-18,23,33H,4-7,19-22,24,41H2,1-3H3/q+1/t33-/m1/s1. The van der Waals surface area contributed by atoms with E-state index in [0.717, 1.165) is 58.3 Å². The number of quaternary nitrogens is 1. The summed E-state index contributed by atoms with van der Waals surface area (Å²) < 4.78 is 48.9. The fraction of sp³-hybridized carbons (Fsp3) is 0.389. The van der Waals surface area contributed by atoms with Crippen molar-refractivity contribution in [3.63, 3.8) is 0 Å². The van der Waals surface area contributed by atoms with Gasteiger partial charge in [0, 0.05) is 23.2 Å². The molecule has 0 saturated heterocycles. The fourth-order valence-corrected chi connectivity index (χ4v) is 6.52. The number of nitrogen functional groups attached to an aromatic ring is 1. The van der Waals surface area contributed by atoms with Crippen molar-refractivity contribution in [2.45, 2.75) is 38.4 Å². The molecule has 0 aromatic heterocycles. The maximum atomic E-state index is 14.4. The van der Waals surface area contributed by atoms with E-state index in [0.29, 0.717) is 43.1 Å². The lowest BCUT2D eigenvalue weighted by molar-refractivity contribution is -0.890. The molecule has 256 valence electrons. The molecule has 5 rings (SSSR count). The zero-order chi connectivity index (χ0) is 34.6. The second-order valence-electron chi connectivity index (χ2n) is 12.9. The molecule has 3 amide bonds. The molecule has 3 aromatic rings. The Hall–Kier alpha value is -4.03. The number of alkyl halides is 3. The van der Waals surface area contributed by atoms with Crippen molar-refractivity contribution in [1.29, 1.82) is 0 Å². The first-order valence-electron chi connectivity index (χ1n) is 16.1. The van der Waals surface area contributed by atoms with E-state index in [-0.39, 0.29) is 18.1 Å². The first-order valence-corrected chi connectivity index (χ1v) is 16.9. The van der Waals surface area contributed by atoms with Crippen LogP contribution in [0, 0.1) is 0 Å². The molecule has 0 saturated carbocycles. The Kier molecular flexibility index (Phi) is 10.7. The van der Waals surface area contributed by atoms with Crippen LogP contribution in [-0.2, 0) is 11.0 Å². The molecule has 8 nitrogen and oxygen atoms in total. The van der Waals surface area contributed by atoms with Gasteiger partial charge in [0.05, 0.1) is 55.7 Å². The van der Waals surface area contributed by atoms with E-state index < -0.39 is 23.8 Å². The molecule has 2 N–H and O–H groups in total. The van der Waals surface area contributed by atoms with Gasteiger partial charge in [0.15, 0.2) is 0 Å². The summed E-state index contributed by atoms with van der Waals surface area (Å²) in [6, 6.07) is 18.4. The summed E-state index contributed by atoms with van der Waals surface area (Å²) in [5.74, 6) is 0.591. The summed E-state index contributed by atoms with van der Waals surface area (Å²) in [5, 5.41) is 0. The molecule has 0 aliphatic carbocycles. The topological polar surface area (TPSA) is 79.1 Å². The summed E-state index contributed by atoms with van der Waals surface area (Å²) in [7, 11) is 4.31.